The Balaban J connectivity index is 1.26. The van der Waals surface area contributed by atoms with E-state index in [0.29, 0.717) is 25.2 Å². The molecule has 1 heterocycles. The molecule has 1 aliphatic heterocycles. The highest BCUT2D eigenvalue weighted by Gasteiger charge is 2.33. The Morgan fingerprint density at radius 2 is 1.67 bits per heavy atom. The molecule has 3 nitrogen and oxygen atoms in total. The van der Waals surface area contributed by atoms with Gasteiger partial charge >= 0.3 is 0 Å². The van der Waals surface area contributed by atoms with Crippen molar-refractivity contribution in [2.75, 3.05) is 18.4 Å². The van der Waals surface area contributed by atoms with Crippen molar-refractivity contribution in [1.29, 1.82) is 0 Å². The normalized spacial score (nSPS) is 17.7. The van der Waals surface area contributed by atoms with Gasteiger partial charge in [-0.2, -0.15) is 0 Å². The zero-order valence-electron chi connectivity index (χ0n) is 16.5. The van der Waals surface area contributed by atoms with Crippen LogP contribution >= 0.6 is 0 Å². The maximum Gasteiger partial charge on any atom is 0.256 e. The molecule has 1 aliphatic carbocycles. The quantitative estimate of drug-likeness (QED) is 0.617. The van der Waals surface area contributed by atoms with E-state index in [2.05, 4.69) is 17.4 Å². The summed E-state index contributed by atoms with van der Waals surface area (Å²) in [5.41, 5.74) is 4.46. The minimum Gasteiger partial charge on any atom is -0.322 e. The number of halogens is 2. The van der Waals surface area contributed by atoms with E-state index in [-0.39, 0.29) is 18.7 Å². The Labute approximate surface area is 174 Å². The summed E-state index contributed by atoms with van der Waals surface area (Å²) in [5, 5.41) is 5.23. The summed E-state index contributed by atoms with van der Waals surface area (Å²) in [5.74, 6) is -2.66. The summed E-state index contributed by atoms with van der Waals surface area (Å²) in [4.78, 5) is 15.0. The van der Waals surface area contributed by atoms with Gasteiger partial charge in [-0.15, -0.1) is 0 Å². The van der Waals surface area contributed by atoms with Gasteiger partial charge < -0.3 is 5.32 Å². The summed E-state index contributed by atoms with van der Waals surface area (Å²) in [6.45, 7) is 1.46. The molecule has 1 saturated heterocycles. The average molecular weight is 404 g/mol. The fraction of sp³-hybridized carbons (Fsp3) is 0.240. The second kappa shape index (κ2) is 7.33. The number of piperidine rings is 1. The molecule has 0 radical (unpaired) electrons. The van der Waals surface area contributed by atoms with Crippen LogP contribution in [0.2, 0.25) is 0 Å². The first kappa shape index (κ1) is 18.9. The lowest BCUT2D eigenvalue weighted by Crippen LogP contribution is -2.38. The molecular weight excluding hydrogens is 382 g/mol. The number of nitrogens with one attached hydrogen (secondary N) is 1. The smallest absolute Gasteiger partial charge is 0.256 e. The van der Waals surface area contributed by atoms with Crippen LogP contribution in [-0.4, -0.2) is 29.8 Å². The SMILES string of the molecule is O=C(Nc1ccc(CN2CCC(F)(F)CC2)cc1)C1=Cc2cccc3cccc1c23. The summed E-state index contributed by atoms with van der Waals surface area (Å²) in [6.07, 6.45) is 1.78. The first-order valence-corrected chi connectivity index (χ1v) is 10.2. The van der Waals surface area contributed by atoms with Crippen molar-refractivity contribution in [3.8, 4) is 0 Å². The van der Waals surface area contributed by atoms with Gasteiger partial charge in [0.25, 0.3) is 11.8 Å². The molecule has 152 valence electrons. The number of amides is 1. The van der Waals surface area contributed by atoms with Crippen molar-refractivity contribution >= 4 is 34.0 Å². The van der Waals surface area contributed by atoms with Crippen LogP contribution in [0.15, 0.2) is 60.7 Å². The average Bonchev–Trinajstić information content (AvgIpc) is 3.12. The monoisotopic (exact) mass is 404 g/mol. The molecule has 1 fully saturated rings. The van der Waals surface area contributed by atoms with Gasteiger partial charge in [0, 0.05) is 43.7 Å². The van der Waals surface area contributed by atoms with Crippen molar-refractivity contribution in [3.63, 3.8) is 0 Å². The van der Waals surface area contributed by atoms with E-state index in [4.69, 9.17) is 0 Å². The molecule has 30 heavy (non-hydrogen) atoms. The highest BCUT2D eigenvalue weighted by molar-refractivity contribution is 6.34. The predicted octanol–water partition coefficient (Wildman–Crippen LogP) is 5.56. The number of carbonyl (C=O) groups is 1. The van der Waals surface area contributed by atoms with Gasteiger partial charge in [0.1, 0.15) is 0 Å². The number of hydrogen-bond donors (Lipinski definition) is 1. The molecule has 0 spiro atoms. The molecule has 0 unspecified atom stereocenters. The fourth-order valence-electron chi connectivity index (χ4n) is 4.32. The number of rotatable bonds is 4. The van der Waals surface area contributed by atoms with Crippen molar-refractivity contribution in [2.45, 2.75) is 25.3 Å². The number of carbonyl (C=O) groups excluding carboxylic acids is 1. The molecule has 3 aromatic carbocycles. The molecular formula is C25H22F2N2O. The maximum atomic E-state index is 13.3. The van der Waals surface area contributed by atoms with Gasteiger partial charge in [-0.3, -0.25) is 9.69 Å². The second-order valence-corrected chi connectivity index (χ2v) is 8.09. The Morgan fingerprint density at radius 3 is 2.40 bits per heavy atom. The van der Waals surface area contributed by atoms with Crippen molar-refractivity contribution in [1.82, 2.24) is 4.90 Å². The third kappa shape index (κ3) is 3.61. The lowest BCUT2D eigenvalue weighted by atomic mass is 10.0. The largest absolute Gasteiger partial charge is 0.322 e. The number of nitrogens with zero attached hydrogens (tertiary/aromatic N) is 1. The summed E-state index contributed by atoms with van der Waals surface area (Å²) < 4.78 is 26.6. The first-order chi connectivity index (χ1) is 14.5. The van der Waals surface area contributed by atoms with Gasteiger partial charge in [0.15, 0.2) is 0 Å². The second-order valence-electron chi connectivity index (χ2n) is 8.09. The third-order valence-electron chi connectivity index (χ3n) is 5.98. The number of hydrogen-bond acceptors (Lipinski definition) is 2. The third-order valence-corrected chi connectivity index (χ3v) is 5.98. The first-order valence-electron chi connectivity index (χ1n) is 10.2. The highest BCUT2D eigenvalue weighted by Crippen LogP contribution is 2.37. The van der Waals surface area contributed by atoms with Crippen LogP contribution in [0, 0.1) is 0 Å². The number of likely N-dealkylation sites (tertiary alicyclic amines) is 1. The molecule has 1 amide bonds. The summed E-state index contributed by atoms with van der Waals surface area (Å²) >= 11 is 0. The van der Waals surface area contributed by atoms with Crippen molar-refractivity contribution < 1.29 is 13.6 Å². The Bertz CT molecular complexity index is 1140. The molecule has 5 rings (SSSR count). The maximum absolute atomic E-state index is 13.3. The Hall–Kier alpha value is -3.05. The molecule has 3 aromatic rings. The molecule has 0 saturated carbocycles. The highest BCUT2D eigenvalue weighted by atomic mass is 19.3. The summed E-state index contributed by atoms with van der Waals surface area (Å²) in [6, 6.07) is 19.7. The zero-order valence-corrected chi connectivity index (χ0v) is 16.5. The van der Waals surface area contributed by atoms with E-state index < -0.39 is 5.92 Å². The standard InChI is InChI=1S/C25H22F2N2O/c26-25(27)11-13-29(14-12-25)16-17-7-9-20(10-8-17)28-24(30)22-15-19-5-1-3-18-4-2-6-21(22)23(18)19/h1-10,15H,11-14,16H2,(H,28,30). The van der Waals surface area contributed by atoms with E-state index in [0.717, 1.165) is 33.2 Å². The van der Waals surface area contributed by atoms with Crippen LogP contribution in [0.5, 0.6) is 0 Å². The van der Waals surface area contributed by atoms with E-state index >= 15 is 0 Å². The molecule has 0 atom stereocenters. The Morgan fingerprint density at radius 1 is 0.967 bits per heavy atom. The van der Waals surface area contributed by atoms with E-state index in [1.54, 1.807) is 0 Å². The fourth-order valence-corrected chi connectivity index (χ4v) is 4.32. The van der Waals surface area contributed by atoms with Gasteiger partial charge in [-0.05, 0) is 45.7 Å². The van der Waals surface area contributed by atoms with E-state index in [1.807, 2.05) is 59.5 Å². The van der Waals surface area contributed by atoms with Gasteiger partial charge in [-0.25, -0.2) is 8.78 Å². The molecule has 1 N–H and O–H groups in total. The van der Waals surface area contributed by atoms with Gasteiger partial charge in [0.2, 0.25) is 0 Å². The summed E-state index contributed by atoms with van der Waals surface area (Å²) in [7, 11) is 0. The number of benzene rings is 3. The van der Waals surface area contributed by atoms with Crippen LogP contribution in [0.1, 0.15) is 29.5 Å². The van der Waals surface area contributed by atoms with E-state index in [1.165, 1.54) is 0 Å². The minimum absolute atomic E-state index is 0.0780. The van der Waals surface area contributed by atoms with Gasteiger partial charge in [0.05, 0.1) is 0 Å². The molecule has 5 heteroatoms. The minimum atomic E-state index is -2.52. The topological polar surface area (TPSA) is 32.3 Å². The molecule has 2 aliphatic rings. The zero-order chi connectivity index (χ0) is 20.7. The number of alkyl halides is 2. The lowest BCUT2D eigenvalue weighted by molar-refractivity contribution is -0.111. The van der Waals surface area contributed by atoms with E-state index in [9.17, 15) is 13.6 Å². The lowest BCUT2D eigenvalue weighted by Gasteiger charge is -2.31. The molecule has 0 aromatic heterocycles. The van der Waals surface area contributed by atoms with Crippen LogP contribution in [-0.2, 0) is 11.3 Å². The number of anilines is 1. The van der Waals surface area contributed by atoms with Crippen LogP contribution < -0.4 is 5.32 Å². The molecule has 0 bridgehead atoms. The van der Waals surface area contributed by atoms with Gasteiger partial charge in [-0.1, -0.05) is 48.5 Å². The van der Waals surface area contributed by atoms with Crippen LogP contribution in [0.4, 0.5) is 14.5 Å². The van der Waals surface area contributed by atoms with Crippen molar-refractivity contribution in [3.05, 3.63) is 77.4 Å². The van der Waals surface area contributed by atoms with Crippen LogP contribution in [0.25, 0.3) is 22.4 Å². The van der Waals surface area contributed by atoms with Crippen LogP contribution in [0.3, 0.4) is 0 Å². The predicted molar refractivity (Wildman–Crippen MR) is 116 cm³/mol. The Kier molecular flexibility index (Phi) is 4.63. The van der Waals surface area contributed by atoms with Crippen molar-refractivity contribution in [2.24, 2.45) is 0 Å².